The molecule has 0 aliphatic carbocycles. The number of nitro groups is 1. The molecule has 1 heterocycles. The van der Waals surface area contributed by atoms with Crippen molar-refractivity contribution in [3.8, 4) is 0 Å². The van der Waals surface area contributed by atoms with E-state index in [9.17, 15) is 19.7 Å². The van der Waals surface area contributed by atoms with Gasteiger partial charge in [0, 0.05) is 0 Å². The molecule has 0 aliphatic rings. The molecule has 9 heteroatoms. The van der Waals surface area contributed by atoms with Crippen LogP contribution >= 0.6 is 0 Å². The molecule has 3 N–H and O–H groups in total. The number of rotatable bonds is 5. The van der Waals surface area contributed by atoms with Crippen molar-refractivity contribution in [3.63, 3.8) is 0 Å². The van der Waals surface area contributed by atoms with Crippen molar-refractivity contribution in [2.75, 3.05) is 6.61 Å². The number of carbonyl (C=O) groups excluding carboxylic acids is 1. The van der Waals surface area contributed by atoms with Crippen LogP contribution in [0.4, 0.5) is 5.88 Å². The van der Waals surface area contributed by atoms with Gasteiger partial charge >= 0.3 is 11.9 Å². The summed E-state index contributed by atoms with van der Waals surface area (Å²) in [6, 6.07) is 0.500. The van der Waals surface area contributed by atoms with Crippen molar-refractivity contribution in [2.45, 2.75) is 6.04 Å². The molecule has 1 amide bonds. The van der Waals surface area contributed by atoms with Gasteiger partial charge in [-0.1, -0.05) is 0 Å². The van der Waals surface area contributed by atoms with Crippen molar-refractivity contribution in [3.05, 3.63) is 28.0 Å². The van der Waals surface area contributed by atoms with Gasteiger partial charge in [0.15, 0.2) is 11.8 Å². The average molecular weight is 244 g/mol. The quantitative estimate of drug-likeness (QED) is 0.461. The Morgan fingerprint density at radius 1 is 1.53 bits per heavy atom. The van der Waals surface area contributed by atoms with Gasteiger partial charge in [0.1, 0.15) is 4.92 Å². The van der Waals surface area contributed by atoms with Crippen LogP contribution in [0.15, 0.2) is 16.5 Å². The molecule has 0 unspecified atom stereocenters. The van der Waals surface area contributed by atoms with Gasteiger partial charge < -0.3 is 19.9 Å². The molecule has 0 fully saturated rings. The number of nitrogens with zero attached hydrogens (tertiary/aromatic N) is 1. The highest BCUT2D eigenvalue weighted by Crippen LogP contribution is 2.15. The van der Waals surface area contributed by atoms with E-state index in [0.29, 0.717) is 0 Å². The minimum atomic E-state index is -1.49. The second kappa shape index (κ2) is 5.07. The van der Waals surface area contributed by atoms with Gasteiger partial charge in [0.25, 0.3) is 5.91 Å². The van der Waals surface area contributed by atoms with Crippen LogP contribution in [0.2, 0.25) is 0 Å². The van der Waals surface area contributed by atoms with E-state index in [0.717, 1.165) is 12.1 Å². The van der Waals surface area contributed by atoms with Gasteiger partial charge in [-0.05, 0) is 6.07 Å². The molecular weight excluding hydrogens is 236 g/mol. The summed E-state index contributed by atoms with van der Waals surface area (Å²) in [6.07, 6.45) is 0. The molecule has 0 spiro atoms. The van der Waals surface area contributed by atoms with Crippen molar-refractivity contribution in [1.29, 1.82) is 0 Å². The third-order valence-corrected chi connectivity index (χ3v) is 1.78. The first-order chi connectivity index (χ1) is 7.95. The van der Waals surface area contributed by atoms with E-state index in [1.54, 1.807) is 0 Å². The summed E-state index contributed by atoms with van der Waals surface area (Å²) in [4.78, 5) is 31.3. The highest BCUT2D eigenvalue weighted by Gasteiger charge is 2.23. The van der Waals surface area contributed by atoms with E-state index >= 15 is 0 Å². The van der Waals surface area contributed by atoms with Crippen molar-refractivity contribution < 1.29 is 29.1 Å². The van der Waals surface area contributed by atoms with Gasteiger partial charge in [-0.3, -0.25) is 14.9 Å². The maximum atomic E-state index is 11.4. The van der Waals surface area contributed by atoms with E-state index < -0.39 is 41.1 Å². The topological polar surface area (TPSA) is 143 Å². The van der Waals surface area contributed by atoms with Crippen LogP contribution < -0.4 is 5.32 Å². The molecule has 17 heavy (non-hydrogen) atoms. The Labute approximate surface area is 93.8 Å². The Kier molecular flexibility index (Phi) is 3.78. The summed E-state index contributed by atoms with van der Waals surface area (Å²) in [5, 5.41) is 29.4. The molecule has 0 radical (unpaired) electrons. The number of carboxylic acid groups (broad SMARTS) is 1. The van der Waals surface area contributed by atoms with Crippen LogP contribution in [-0.4, -0.2) is 39.7 Å². The van der Waals surface area contributed by atoms with E-state index in [1.807, 2.05) is 5.32 Å². The van der Waals surface area contributed by atoms with Crippen LogP contribution in [0.1, 0.15) is 10.6 Å². The molecule has 1 aromatic heterocycles. The molecule has 92 valence electrons. The Morgan fingerprint density at radius 3 is 2.59 bits per heavy atom. The predicted octanol–water partition coefficient (Wildman–Crippen LogP) is -0.637. The zero-order valence-electron chi connectivity index (χ0n) is 8.32. The number of hydrogen-bond donors (Lipinski definition) is 3. The van der Waals surface area contributed by atoms with Crippen LogP contribution in [0.5, 0.6) is 0 Å². The second-order valence-electron chi connectivity index (χ2n) is 2.94. The monoisotopic (exact) mass is 244 g/mol. The molecule has 0 bridgehead atoms. The summed E-state index contributed by atoms with van der Waals surface area (Å²) in [5.74, 6) is -3.43. The number of carbonyl (C=O) groups is 2. The molecule has 0 aromatic carbocycles. The van der Waals surface area contributed by atoms with Crippen LogP contribution in [0.3, 0.4) is 0 Å². The van der Waals surface area contributed by atoms with Crippen molar-refractivity contribution >= 4 is 17.8 Å². The molecule has 0 saturated heterocycles. The number of hydrogen-bond acceptors (Lipinski definition) is 6. The summed E-state index contributed by atoms with van der Waals surface area (Å²) < 4.78 is 4.55. The van der Waals surface area contributed by atoms with Gasteiger partial charge in [-0.25, -0.2) is 4.79 Å². The zero-order valence-corrected chi connectivity index (χ0v) is 8.32. The highest BCUT2D eigenvalue weighted by atomic mass is 16.6. The third-order valence-electron chi connectivity index (χ3n) is 1.78. The molecule has 1 atom stereocenters. The smallest absolute Gasteiger partial charge is 0.433 e. The number of aliphatic carboxylic acids is 1. The summed E-state index contributed by atoms with van der Waals surface area (Å²) >= 11 is 0. The first-order valence-corrected chi connectivity index (χ1v) is 4.34. The van der Waals surface area contributed by atoms with Crippen molar-refractivity contribution in [1.82, 2.24) is 5.32 Å². The lowest BCUT2D eigenvalue weighted by Crippen LogP contribution is -2.43. The molecule has 9 nitrogen and oxygen atoms in total. The fraction of sp³-hybridized carbons (Fsp3) is 0.250. The zero-order chi connectivity index (χ0) is 13.0. The standard InChI is InChI=1S/C8H8N2O7/c11-3-4(8(13)14)9-7(12)5-1-2-6(17-5)10(15)16/h1-2,4,11H,3H2,(H,9,12)(H,13,14)/t4-/m0/s1. The maximum absolute atomic E-state index is 11.4. The third kappa shape index (κ3) is 3.01. The van der Waals surface area contributed by atoms with Crippen LogP contribution in [0.25, 0.3) is 0 Å². The molecule has 0 aliphatic heterocycles. The maximum Gasteiger partial charge on any atom is 0.433 e. The second-order valence-corrected chi connectivity index (χ2v) is 2.94. The van der Waals surface area contributed by atoms with E-state index in [1.165, 1.54) is 0 Å². The van der Waals surface area contributed by atoms with E-state index in [4.69, 9.17) is 10.2 Å². The number of aliphatic hydroxyl groups is 1. The number of furan rings is 1. The minimum absolute atomic E-state index is 0.406. The fourth-order valence-electron chi connectivity index (χ4n) is 0.963. The van der Waals surface area contributed by atoms with Crippen molar-refractivity contribution in [2.24, 2.45) is 0 Å². The summed E-state index contributed by atoms with van der Waals surface area (Å²) in [5.41, 5.74) is 0. The predicted molar refractivity (Wildman–Crippen MR) is 51.3 cm³/mol. The fourth-order valence-corrected chi connectivity index (χ4v) is 0.963. The normalized spacial score (nSPS) is 11.8. The summed E-state index contributed by atoms with van der Waals surface area (Å²) in [7, 11) is 0. The van der Waals surface area contributed by atoms with Gasteiger partial charge in [-0.2, -0.15) is 0 Å². The Balaban J connectivity index is 2.75. The molecule has 1 aromatic rings. The van der Waals surface area contributed by atoms with E-state index in [-0.39, 0.29) is 0 Å². The SMILES string of the molecule is O=C(N[C@@H](CO)C(=O)O)c1ccc([N+](=O)[O-])o1. The first kappa shape index (κ1) is 12.6. The Morgan fingerprint density at radius 2 is 2.18 bits per heavy atom. The molecular formula is C8H8N2O7. The molecule has 0 saturated carbocycles. The number of carboxylic acids is 1. The van der Waals surface area contributed by atoms with Gasteiger partial charge in [0.05, 0.1) is 12.7 Å². The van der Waals surface area contributed by atoms with Gasteiger partial charge in [0.2, 0.25) is 0 Å². The molecule has 1 rings (SSSR count). The van der Waals surface area contributed by atoms with Crippen LogP contribution in [0, 0.1) is 10.1 Å². The summed E-state index contributed by atoms with van der Waals surface area (Å²) in [6.45, 7) is -0.802. The van der Waals surface area contributed by atoms with Gasteiger partial charge in [-0.15, -0.1) is 0 Å². The number of aliphatic hydroxyl groups excluding tert-OH is 1. The Hall–Kier alpha value is -2.42. The largest absolute Gasteiger partial charge is 0.480 e. The lowest BCUT2D eigenvalue weighted by Gasteiger charge is -2.09. The Bertz CT molecular complexity index is 452. The highest BCUT2D eigenvalue weighted by molar-refractivity contribution is 5.94. The number of nitrogens with one attached hydrogen (secondary N) is 1. The lowest BCUT2D eigenvalue weighted by atomic mass is 10.3. The lowest BCUT2D eigenvalue weighted by molar-refractivity contribution is -0.402. The number of amides is 1. The average Bonchev–Trinajstić information content (AvgIpc) is 2.74. The minimum Gasteiger partial charge on any atom is -0.480 e. The van der Waals surface area contributed by atoms with Crippen LogP contribution in [-0.2, 0) is 4.79 Å². The first-order valence-electron chi connectivity index (χ1n) is 4.34. The van der Waals surface area contributed by atoms with E-state index in [2.05, 4.69) is 4.42 Å².